The van der Waals surface area contributed by atoms with Gasteiger partial charge < -0.3 is 96.2 Å². The third-order valence-electron chi connectivity index (χ3n) is 25.9. The summed E-state index contributed by atoms with van der Waals surface area (Å²) in [5.74, 6) is -2.49. The predicted molar refractivity (Wildman–Crippen MR) is 557 cm³/mol. The number of nitrogens with one attached hydrogen (secondary N) is 10. The van der Waals surface area contributed by atoms with Crippen LogP contribution in [0.4, 0.5) is 70.0 Å². The maximum absolute atomic E-state index is 13.5. The van der Waals surface area contributed by atoms with Crippen LogP contribution in [0.15, 0.2) is 133 Å². The Morgan fingerprint density at radius 2 is 0.774 bits per heavy atom. The normalized spacial score (nSPS) is 21.0. The van der Waals surface area contributed by atoms with Crippen LogP contribution in [0.2, 0.25) is 0 Å². The Bertz CT molecular complexity index is 5570. The number of rotatable bonds is 15. The Hall–Kier alpha value is -13.7. The molecule has 146 heavy (non-hydrogen) atoms. The lowest BCUT2D eigenvalue weighted by molar-refractivity contribution is -0.147. The van der Waals surface area contributed by atoms with Crippen LogP contribution in [0.25, 0.3) is 0 Å². The van der Waals surface area contributed by atoms with Crippen LogP contribution in [0.1, 0.15) is 213 Å². The number of likely N-dealkylation sites (tertiary alicyclic amines) is 3. The molecule has 792 valence electrons. The van der Waals surface area contributed by atoms with Gasteiger partial charge in [0.15, 0.2) is 0 Å². The summed E-state index contributed by atoms with van der Waals surface area (Å²) in [5, 5.41) is 36.8. The summed E-state index contributed by atoms with van der Waals surface area (Å²) in [5.41, 5.74) is 12.0. The molecule has 2 aromatic carbocycles. The van der Waals surface area contributed by atoms with E-state index in [1.54, 1.807) is 121 Å². The molecule has 0 radical (unpaired) electrons. The first kappa shape index (κ1) is 114. The number of pyridine rings is 4. The number of piperidine rings is 6. The minimum Gasteiger partial charge on any atom is -0.474 e. The SMILES string of the molecule is C[C@H]1CC[C@H](C2=CCCN(C(=O)OCc3ccccc3)C2)NC1.Cc1cc(NC(=O)C(=O)N2C[C@@H](C)CC[C@@H]2C2=CCCN(C(=O)OCc3ccccc3)C2)cnc1NC(=O)OC(C)(C)C.Cc1cc(NC(=O)C(=O)N2C[C@@H](C)CC[C@@H]2C2CCCNC2)cnc1N.Cc1cc(NC(=O)C(=O)N2C[C@@H](C)CC[C@@H]2C2CCCNC2)cnc1NC(=O)OC(C)(C)C.Cc1cc(NC(=O)C(=O)O)cnc1NC(=O)OC(C)(C)C. The van der Waals surface area contributed by atoms with E-state index in [9.17, 15) is 62.3 Å². The number of nitrogen functional groups attached to an aromatic ring is 1. The first-order valence-corrected chi connectivity index (χ1v) is 50.6. The molecule has 4 aromatic heterocycles. The molecule has 10 atom stereocenters. The lowest BCUT2D eigenvalue weighted by atomic mass is 9.82. The minimum atomic E-state index is -1.59. The van der Waals surface area contributed by atoms with Gasteiger partial charge in [0.2, 0.25) is 0 Å². The van der Waals surface area contributed by atoms with Gasteiger partial charge in [0, 0.05) is 63.9 Å². The molecule has 2 unspecified atom stereocenters. The monoisotopic (exact) mass is 2020 g/mol. The standard InChI is InChI=1S/C32H41N5O6.C24H37N5O4.C19H29N5O2.C19H26N2O2.C13H17N3O5/c1-21-13-14-26(24-12-9-15-36(19-24)31(41)42-20-23-10-7-6-8-11-23)37(18-21)29(39)28(38)34-25-16-22(2)27(33-17-25)35-30(40)43-32(3,4)5;1-15-8-9-19(17-7-6-10-25-12-17)29(14-15)22(31)21(30)27-18-11-16(2)20(26-13-18)28-23(32)33-24(3,4)5;1-12-5-6-16(14-4-3-7-21-9-14)24(11-12)19(26)18(25)23-15-8-13(2)17(20)22-10-15;1-15-9-10-18(20-12-15)17-8-5-11-21(13-17)19(22)23-14-16-6-3-2-4-7-16;1-7-5-8(15-10(17)11(18)19)6-14-9(7)16-12(20)21-13(2,3)4/h6-8,10-12,16-17,21,26H,9,13-15,18-20H2,1-5H3,(H,34,38)(H,33,35,40);11,13,15,17,19,25H,6-10,12,14H2,1-5H3,(H,27,30)(H,26,28,32);8,10,12,14,16,21H,3-7,9,11H2,1-2H3,(H2,20,22)(H,23,25);2-4,6-8,15,18,20H,5,9-14H2,1H3;5-6H,1-4H3,(H,15,17)(H,18,19)(H,14,16,20)/t21-,26+;15-,17?,19+;12-,14?,16+;15-,18+;/m0000./s1. The molecule has 0 saturated carbocycles. The van der Waals surface area contributed by atoms with Crippen molar-refractivity contribution in [1.29, 1.82) is 0 Å². The van der Waals surface area contributed by atoms with E-state index in [2.05, 4.69) is 113 Å². The molecule has 6 aromatic rings. The van der Waals surface area contributed by atoms with Crippen molar-refractivity contribution in [3.8, 4) is 0 Å². The van der Waals surface area contributed by atoms with Crippen molar-refractivity contribution in [2.24, 2.45) is 35.5 Å². The summed E-state index contributed by atoms with van der Waals surface area (Å²) in [7, 11) is 0. The Balaban J connectivity index is 0.000000192. The average Bonchev–Trinajstić information content (AvgIpc) is 0.793. The Morgan fingerprint density at radius 1 is 0.418 bits per heavy atom. The van der Waals surface area contributed by atoms with E-state index in [-0.39, 0.29) is 48.2 Å². The van der Waals surface area contributed by atoms with E-state index in [1.165, 1.54) is 49.3 Å². The smallest absolute Gasteiger partial charge is 0.413 e. The van der Waals surface area contributed by atoms with Crippen molar-refractivity contribution in [2.45, 2.75) is 262 Å². The van der Waals surface area contributed by atoms with Gasteiger partial charge in [0.25, 0.3) is 0 Å². The Kier molecular flexibility index (Phi) is 42.2. The predicted octanol–water partition coefficient (Wildman–Crippen LogP) is 15.2. The van der Waals surface area contributed by atoms with Crippen LogP contribution in [-0.4, -0.2) is 247 Å². The van der Waals surface area contributed by atoms with Gasteiger partial charge in [-0.3, -0.25) is 49.5 Å². The van der Waals surface area contributed by atoms with E-state index in [4.69, 9.17) is 34.5 Å². The van der Waals surface area contributed by atoms with Crippen molar-refractivity contribution in [1.82, 2.24) is 60.4 Å². The van der Waals surface area contributed by atoms with Crippen LogP contribution in [-0.2, 0) is 75.3 Å². The molecule has 8 aliphatic rings. The summed E-state index contributed by atoms with van der Waals surface area (Å²) in [6.45, 7) is 40.8. The van der Waals surface area contributed by atoms with Crippen molar-refractivity contribution < 1.29 is 91.1 Å². The number of aromatic nitrogens is 4. The number of amides is 12. The molecule has 39 heteroatoms. The average molecular weight is 2020 g/mol. The summed E-state index contributed by atoms with van der Waals surface area (Å²) in [6.07, 6.45) is 21.5. The fourth-order valence-electron chi connectivity index (χ4n) is 18.6. The van der Waals surface area contributed by atoms with Gasteiger partial charge in [-0.2, -0.15) is 0 Å². The lowest BCUT2D eigenvalue weighted by Gasteiger charge is -2.43. The number of hydrogen-bond acceptors (Lipinski definition) is 26. The molecule has 0 spiro atoms. The van der Waals surface area contributed by atoms with Gasteiger partial charge in [0.05, 0.1) is 53.6 Å². The number of benzene rings is 2. The molecule has 14 rings (SSSR count). The van der Waals surface area contributed by atoms with Crippen LogP contribution in [0.3, 0.4) is 0 Å². The third kappa shape index (κ3) is 36.5. The molecule has 8 aliphatic heterocycles. The number of hydrogen-bond donors (Lipinski definition) is 12. The van der Waals surface area contributed by atoms with Crippen molar-refractivity contribution in [3.05, 3.63) is 166 Å². The van der Waals surface area contributed by atoms with E-state index in [0.717, 1.165) is 132 Å². The van der Waals surface area contributed by atoms with Crippen molar-refractivity contribution in [3.63, 3.8) is 0 Å². The maximum atomic E-state index is 13.5. The van der Waals surface area contributed by atoms with E-state index < -0.39 is 88.5 Å². The summed E-state index contributed by atoms with van der Waals surface area (Å²) >= 11 is 0. The molecular weight excluding hydrogens is 1870 g/mol. The largest absolute Gasteiger partial charge is 0.474 e. The number of carboxylic acid groups (broad SMARTS) is 1. The highest BCUT2D eigenvalue weighted by atomic mass is 16.6. The van der Waals surface area contributed by atoms with Crippen LogP contribution >= 0.6 is 0 Å². The third-order valence-corrected chi connectivity index (χ3v) is 25.9. The van der Waals surface area contributed by atoms with Gasteiger partial charge in [0.1, 0.15) is 53.3 Å². The quantitative estimate of drug-likeness (QED) is 0.0258. The molecule has 12 amide bonds. The van der Waals surface area contributed by atoms with Gasteiger partial charge >= 0.3 is 77.8 Å². The number of aliphatic carboxylic acids is 1. The molecule has 13 N–H and O–H groups in total. The number of aryl methyl sites for hydroxylation is 4. The van der Waals surface area contributed by atoms with Crippen molar-refractivity contribution >= 4 is 124 Å². The summed E-state index contributed by atoms with van der Waals surface area (Å²) in [4.78, 5) is 185. The summed E-state index contributed by atoms with van der Waals surface area (Å²) < 4.78 is 26.6. The zero-order valence-electron chi connectivity index (χ0n) is 87.5. The van der Waals surface area contributed by atoms with Crippen LogP contribution < -0.4 is 58.9 Å². The number of anilines is 8. The number of nitrogens with zero attached hydrogens (tertiary/aromatic N) is 9. The number of carbonyl (C=O) groups is 13. The highest BCUT2D eigenvalue weighted by Crippen LogP contribution is 2.36. The van der Waals surface area contributed by atoms with E-state index >= 15 is 0 Å². The molecule has 6 fully saturated rings. The molecule has 6 saturated heterocycles. The molecular formula is C107H150N20O19. The van der Waals surface area contributed by atoms with Crippen molar-refractivity contribution in [2.75, 3.05) is 121 Å². The van der Waals surface area contributed by atoms with E-state index in [0.29, 0.717) is 140 Å². The topological polar surface area (TPSA) is 502 Å². The van der Waals surface area contributed by atoms with Gasteiger partial charge in [-0.15, -0.1) is 0 Å². The fourth-order valence-corrected chi connectivity index (χ4v) is 18.6. The Morgan fingerprint density at radius 3 is 1.14 bits per heavy atom. The molecule has 0 bridgehead atoms. The zero-order valence-corrected chi connectivity index (χ0v) is 87.5. The summed E-state index contributed by atoms with van der Waals surface area (Å²) in [6, 6.07) is 26.2. The number of carboxylic acids is 1. The van der Waals surface area contributed by atoms with Crippen LogP contribution in [0.5, 0.6) is 0 Å². The number of carbonyl (C=O) groups excluding carboxylic acids is 12. The second kappa shape index (κ2) is 53.9. The molecule has 0 aliphatic carbocycles. The van der Waals surface area contributed by atoms with Gasteiger partial charge in [-0.1, -0.05) is 101 Å². The zero-order chi connectivity index (χ0) is 106. The molecule has 39 nitrogen and oxygen atoms in total. The highest BCUT2D eigenvalue weighted by Gasteiger charge is 2.42. The number of ether oxygens (including phenoxy) is 5. The highest BCUT2D eigenvalue weighted by molar-refractivity contribution is 6.41. The van der Waals surface area contributed by atoms with Crippen LogP contribution in [0, 0.1) is 63.2 Å². The first-order chi connectivity index (χ1) is 69.2. The maximum Gasteiger partial charge on any atom is 0.413 e. The van der Waals surface area contributed by atoms with Gasteiger partial charge in [-0.05, 0) is 317 Å². The number of nitrogens with two attached hydrogens (primary N) is 1. The van der Waals surface area contributed by atoms with E-state index in [1.807, 2.05) is 72.5 Å². The van der Waals surface area contributed by atoms with Gasteiger partial charge in [-0.25, -0.2) is 48.7 Å². The lowest BCUT2D eigenvalue weighted by Crippen LogP contribution is -2.55. The fraction of sp³-hybridized carbons (Fsp3) is 0.542. The Labute approximate surface area is 856 Å². The second-order valence-electron chi connectivity index (χ2n) is 42.1. The second-order valence-corrected chi connectivity index (χ2v) is 42.1. The molecule has 12 heterocycles. The first-order valence-electron chi connectivity index (χ1n) is 50.6. The minimum absolute atomic E-state index is 0.0903.